The van der Waals surface area contributed by atoms with Gasteiger partial charge in [0, 0.05) is 0 Å². The van der Waals surface area contributed by atoms with E-state index >= 15 is 0 Å². The predicted molar refractivity (Wildman–Crippen MR) is 67.0 cm³/mol. The van der Waals surface area contributed by atoms with Crippen molar-refractivity contribution in [2.24, 2.45) is 11.3 Å². The van der Waals surface area contributed by atoms with Crippen LogP contribution in [0.1, 0.15) is 27.2 Å². The van der Waals surface area contributed by atoms with Crippen molar-refractivity contribution in [2.75, 3.05) is 19.5 Å². The Morgan fingerprint density at radius 3 is 2.16 bits per heavy atom. The molecule has 0 heterocycles. The summed E-state index contributed by atoms with van der Waals surface area (Å²) in [5.41, 5.74) is -0.360. The molecule has 0 aliphatic carbocycles. The van der Waals surface area contributed by atoms with E-state index in [4.69, 9.17) is 9.29 Å². The third-order valence-electron chi connectivity index (χ3n) is 2.03. The van der Waals surface area contributed by atoms with Crippen molar-refractivity contribution in [1.82, 2.24) is 0 Å². The van der Waals surface area contributed by atoms with Crippen LogP contribution >= 0.6 is 0 Å². The van der Waals surface area contributed by atoms with E-state index in [0.717, 1.165) is 7.11 Å². The molecule has 0 aromatic heterocycles. The first-order valence-electron chi connectivity index (χ1n) is 5.63. The van der Waals surface area contributed by atoms with Crippen LogP contribution in [-0.4, -0.2) is 44.9 Å². The molecule has 0 amide bonds. The molecule has 0 aliphatic heterocycles. The molecule has 0 saturated heterocycles. The second kappa shape index (κ2) is 6.85. The highest BCUT2D eigenvalue weighted by atomic mass is 32.2. The summed E-state index contributed by atoms with van der Waals surface area (Å²) in [6, 6.07) is 0. The number of carboxylic acids is 1. The molecule has 19 heavy (non-hydrogen) atoms. The minimum Gasteiger partial charge on any atom is -0.481 e. The topological polar surface area (TPSA) is 107 Å². The number of hydrogen-bond donors (Lipinski definition) is 1. The summed E-state index contributed by atoms with van der Waals surface area (Å²) in [7, 11) is -2.91. The Hall–Kier alpha value is -1.15. The van der Waals surface area contributed by atoms with Gasteiger partial charge in [-0.1, -0.05) is 20.8 Å². The third-order valence-corrected chi connectivity index (χ3v) is 3.32. The Morgan fingerprint density at radius 1 is 1.26 bits per heavy atom. The summed E-state index contributed by atoms with van der Waals surface area (Å²) in [4.78, 5) is 21.9. The van der Waals surface area contributed by atoms with Crippen molar-refractivity contribution in [3.8, 4) is 0 Å². The van der Waals surface area contributed by atoms with Crippen LogP contribution in [0.2, 0.25) is 0 Å². The highest BCUT2D eigenvalue weighted by Gasteiger charge is 2.30. The van der Waals surface area contributed by atoms with Crippen LogP contribution in [0.25, 0.3) is 0 Å². The first-order valence-corrected chi connectivity index (χ1v) is 7.21. The van der Waals surface area contributed by atoms with E-state index in [9.17, 15) is 18.0 Å². The van der Waals surface area contributed by atoms with Gasteiger partial charge in [-0.15, -0.1) is 0 Å². The molecule has 0 aliphatic rings. The molecule has 0 rings (SSSR count). The van der Waals surface area contributed by atoms with Crippen LogP contribution in [0, 0.1) is 11.3 Å². The van der Waals surface area contributed by atoms with Crippen LogP contribution in [0.3, 0.4) is 0 Å². The lowest BCUT2D eigenvalue weighted by molar-refractivity contribution is -0.149. The Balaban J connectivity index is 4.73. The normalized spacial score (nSPS) is 13.9. The zero-order valence-corrected chi connectivity index (χ0v) is 12.3. The van der Waals surface area contributed by atoms with Gasteiger partial charge in [-0.3, -0.25) is 13.8 Å². The minimum atomic E-state index is -3.98. The smallest absolute Gasteiger partial charge is 0.310 e. The molecule has 112 valence electrons. The van der Waals surface area contributed by atoms with E-state index in [1.807, 2.05) is 0 Å². The lowest BCUT2D eigenvalue weighted by atomic mass is 9.99. The molecule has 0 saturated carbocycles. The lowest BCUT2D eigenvalue weighted by Crippen LogP contribution is -2.30. The fraction of sp³-hybridized carbons (Fsp3) is 0.818. The molecular formula is C11H20O7S. The third kappa shape index (κ3) is 8.55. The number of aliphatic carboxylic acids is 1. The van der Waals surface area contributed by atoms with E-state index in [2.05, 4.69) is 4.74 Å². The van der Waals surface area contributed by atoms with Crippen LogP contribution in [0.5, 0.6) is 0 Å². The van der Waals surface area contributed by atoms with Gasteiger partial charge in [-0.05, 0) is 5.41 Å². The fourth-order valence-electron chi connectivity index (χ4n) is 1.15. The molecule has 0 spiro atoms. The van der Waals surface area contributed by atoms with Crippen molar-refractivity contribution in [1.29, 1.82) is 0 Å². The molecule has 0 fully saturated rings. The second-order valence-electron chi connectivity index (χ2n) is 5.37. The van der Waals surface area contributed by atoms with Gasteiger partial charge in [0.2, 0.25) is 0 Å². The summed E-state index contributed by atoms with van der Waals surface area (Å²) in [6.45, 7) is 5.32. The lowest BCUT2D eigenvalue weighted by Gasteiger charge is -2.19. The minimum absolute atomic E-state index is 0.0453. The van der Waals surface area contributed by atoms with Crippen molar-refractivity contribution in [3.63, 3.8) is 0 Å². The van der Waals surface area contributed by atoms with E-state index < -0.39 is 40.1 Å². The van der Waals surface area contributed by atoms with Gasteiger partial charge < -0.3 is 9.84 Å². The van der Waals surface area contributed by atoms with Gasteiger partial charge in [-0.25, -0.2) is 0 Å². The Kier molecular flexibility index (Phi) is 6.44. The summed E-state index contributed by atoms with van der Waals surface area (Å²) in [6.07, 6.45) is -0.620. The number of hydrogen-bond acceptors (Lipinski definition) is 6. The molecule has 0 bridgehead atoms. The quantitative estimate of drug-likeness (QED) is 0.542. The van der Waals surface area contributed by atoms with Crippen LogP contribution in [0.4, 0.5) is 0 Å². The van der Waals surface area contributed by atoms with Crippen LogP contribution in [0.15, 0.2) is 0 Å². The predicted octanol–water partition coefficient (Wildman–Crippen LogP) is 0.643. The molecule has 1 atom stereocenters. The number of carbonyl (C=O) groups is 2. The number of rotatable bonds is 7. The molecular weight excluding hydrogens is 276 g/mol. The highest BCUT2D eigenvalue weighted by Crippen LogP contribution is 2.17. The van der Waals surface area contributed by atoms with Gasteiger partial charge >= 0.3 is 11.9 Å². The van der Waals surface area contributed by atoms with Crippen LogP contribution in [-0.2, 0) is 28.6 Å². The fourth-order valence-corrected chi connectivity index (χ4v) is 2.52. The van der Waals surface area contributed by atoms with E-state index in [-0.39, 0.29) is 12.0 Å². The zero-order chi connectivity index (χ0) is 15.3. The van der Waals surface area contributed by atoms with Gasteiger partial charge in [0.15, 0.2) is 0 Å². The highest BCUT2D eigenvalue weighted by molar-refractivity contribution is 7.86. The molecule has 1 unspecified atom stereocenters. The Bertz CT molecular complexity index is 419. The van der Waals surface area contributed by atoms with Gasteiger partial charge in [-0.2, -0.15) is 8.42 Å². The van der Waals surface area contributed by atoms with Crippen molar-refractivity contribution in [2.45, 2.75) is 27.2 Å². The first-order chi connectivity index (χ1) is 8.47. The zero-order valence-electron chi connectivity index (χ0n) is 11.5. The van der Waals surface area contributed by atoms with Crippen molar-refractivity contribution >= 4 is 22.1 Å². The Morgan fingerprint density at radius 2 is 1.79 bits per heavy atom. The van der Waals surface area contributed by atoms with Crippen molar-refractivity contribution < 1.29 is 32.0 Å². The number of esters is 1. The monoisotopic (exact) mass is 296 g/mol. The largest absolute Gasteiger partial charge is 0.481 e. The maximum Gasteiger partial charge on any atom is 0.310 e. The number of carboxylic acid groups (broad SMARTS) is 1. The number of ether oxygens (including phenoxy) is 1. The molecule has 0 aromatic rings. The van der Waals surface area contributed by atoms with Gasteiger partial charge in [0.25, 0.3) is 10.1 Å². The number of methoxy groups -OCH3 is 1. The number of carbonyl (C=O) groups excluding carboxylic acids is 1. The summed E-state index contributed by atoms with van der Waals surface area (Å²) >= 11 is 0. The van der Waals surface area contributed by atoms with Crippen molar-refractivity contribution in [3.05, 3.63) is 0 Å². The standard InChI is InChI=1S/C11H20O7S/c1-11(2,3)7-18-19(15,16)6-8(5-9(12)13)10(14)17-4/h8H,5-7H2,1-4H3,(H,12,13). The van der Waals surface area contributed by atoms with Gasteiger partial charge in [0.05, 0.1) is 31.8 Å². The van der Waals surface area contributed by atoms with Crippen LogP contribution < -0.4 is 0 Å². The maximum atomic E-state index is 11.7. The average Bonchev–Trinajstić information content (AvgIpc) is 2.23. The summed E-state index contributed by atoms with van der Waals surface area (Å²) < 4.78 is 32.5. The van der Waals surface area contributed by atoms with E-state index in [1.165, 1.54) is 0 Å². The maximum absolute atomic E-state index is 11.7. The summed E-state index contributed by atoms with van der Waals surface area (Å²) in [5, 5.41) is 8.64. The second-order valence-corrected chi connectivity index (χ2v) is 7.05. The van der Waals surface area contributed by atoms with E-state index in [1.54, 1.807) is 20.8 Å². The van der Waals surface area contributed by atoms with E-state index in [0.29, 0.717) is 0 Å². The summed E-state index contributed by atoms with van der Waals surface area (Å²) in [5.74, 6) is -4.14. The molecule has 8 heteroatoms. The molecule has 1 N–H and O–H groups in total. The first kappa shape index (κ1) is 17.8. The Labute approximate surface area is 113 Å². The van der Waals surface area contributed by atoms with Gasteiger partial charge in [0.1, 0.15) is 0 Å². The molecule has 7 nitrogen and oxygen atoms in total. The average molecular weight is 296 g/mol. The SMILES string of the molecule is COC(=O)C(CC(=O)O)CS(=O)(=O)OCC(C)(C)C. The molecule has 0 aromatic carbocycles. The molecule has 0 radical (unpaired) electrons.